The fourth-order valence-electron chi connectivity index (χ4n) is 11.4. The van der Waals surface area contributed by atoms with Crippen molar-refractivity contribution in [2.75, 3.05) is 0 Å². The van der Waals surface area contributed by atoms with Crippen molar-refractivity contribution >= 4 is 0 Å². The summed E-state index contributed by atoms with van der Waals surface area (Å²) >= 11 is 0. The van der Waals surface area contributed by atoms with Crippen LogP contribution >= 0.6 is 0 Å². The predicted octanol–water partition coefficient (Wildman–Crippen LogP) is 7.36. The molecule has 2 nitrogen and oxygen atoms in total. The highest BCUT2D eigenvalue weighted by Gasteiger charge is 2.82. The molecule has 2 N–H and O–H groups in total. The third kappa shape index (κ3) is 2.90. The van der Waals surface area contributed by atoms with Gasteiger partial charge < -0.3 is 10.2 Å². The van der Waals surface area contributed by atoms with Crippen molar-refractivity contribution in [2.45, 2.75) is 137 Å². The van der Waals surface area contributed by atoms with E-state index in [0.717, 1.165) is 42.9 Å². The minimum atomic E-state index is -0.523. The van der Waals surface area contributed by atoms with Crippen molar-refractivity contribution in [2.24, 2.45) is 50.7 Å². The van der Waals surface area contributed by atoms with Gasteiger partial charge in [-0.05, 0) is 129 Å². The molecule has 2 spiro atoms. The Morgan fingerprint density at radius 2 is 1.50 bits per heavy atom. The number of hydrogen-bond donors (Lipinski definition) is 2. The molecule has 5 aliphatic carbocycles. The maximum Gasteiger partial charge on any atom is 0.0594 e. The summed E-state index contributed by atoms with van der Waals surface area (Å²) in [6.45, 7) is 16.6. The van der Waals surface area contributed by atoms with Gasteiger partial charge in [0, 0.05) is 0 Å². The average Bonchev–Trinajstić information content (AvgIpc) is 3.27. The van der Waals surface area contributed by atoms with E-state index in [9.17, 15) is 10.2 Å². The lowest BCUT2D eigenvalue weighted by molar-refractivity contribution is -0.161. The first-order valence-corrected chi connectivity index (χ1v) is 14.1. The average molecular weight is 445 g/mol. The van der Waals surface area contributed by atoms with E-state index in [1.807, 2.05) is 13.8 Å². The molecule has 0 saturated heterocycles. The van der Waals surface area contributed by atoms with Crippen molar-refractivity contribution in [1.82, 2.24) is 0 Å². The molecule has 0 unspecified atom stereocenters. The summed E-state index contributed by atoms with van der Waals surface area (Å²) in [6, 6.07) is 0. The van der Waals surface area contributed by atoms with Gasteiger partial charge in [0.2, 0.25) is 0 Å². The second-order valence-corrected chi connectivity index (χ2v) is 15.2. The fraction of sp³-hybridized carbons (Fsp3) is 1.00. The van der Waals surface area contributed by atoms with Gasteiger partial charge in [0.25, 0.3) is 0 Å². The Bertz CT molecular complexity index is 750. The quantitative estimate of drug-likeness (QED) is 0.465. The summed E-state index contributed by atoms with van der Waals surface area (Å²) in [7, 11) is 0. The SMILES string of the molecule is C[C@H](CCCC(C)(C)O)[C@H]1CC[C@@]2(C)[C@@H]3CC[C@H]4C(C)(C)[C@@H](O)CC[C@@]45C[C@]35CC[C@]12C. The summed E-state index contributed by atoms with van der Waals surface area (Å²) in [6.07, 6.45) is 15.6. The Hall–Kier alpha value is -0.0800. The molecule has 9 atom stereocenters. The first-order valence-electron chi connectivity index (χ1n) is 14.1. The minimum absolute atomic E-state index is 0.0988. The highest BCUT2D eigenvalue weighted by atomic mass is 16.3. The third-order valence-corrected chi connectivity index (χ3v) is 13.3. The van der Waals surface area contributed by atoms with Crippen LogP contribution in [0.5, 0.6) is 0 Å². The number of aliphatic hydroxyl groups excluding tert-OH is 1. The maximum atomic E-state index is 10.8. The molecule has 0 radical (unpaired) electrons. The summed E-state index contributed by atoms with van der Waals surface area (Å²) in [5, 5.41) is 21.0. The molecule has 0 aliphatic heterocycles. The molecule has 0 heterocycles. The van der Waals surface area contributed by atoms with Crippen molar-refractivity contribution in [3.63, 3.8) is 0 Å². The Labute approximate surface area is 198 Å². The van der Waals surface area contributed by atoms with E-state index < -0.39 is 5.60 Å². The second kappa shape index (κ2) is 6.99. The van der Waals surface area contributed by atoms with Crippen LogP contribution in [-0.4, -0.2) is 21.9 Å². The highest BCUT2D eigenvalue weighted by Crippen LogP contribution is 2.89. The van der Waals surface area contributed by atoms with Crippen LogP contribution in [0.3, 0.4) is 0 Å². The largest absolute Gasteiger partial charge is 0.393 e. The lowest BCUT2D eigenvalue weighted by Crippen LogP contribution is -2.57. The van der Waals surface area contributed by atoms with Crippen LogP contribution in [0.1, 0.15) is 126 Å². The van der Waals surface area contributed by atoms with Crippen LogP contribution in [0.15, 0.2) is 0 Å². The zero-order chi connectivity index (χ0) is 23.4. The minimum Gasteiger partial charge on any atom is -0.393 e. The van der Waals surface area contributed by atoms with Gasteiger partial charge in [-0.15, -0.1) is 0 Å². The lowest BCUT2D eigenvalue weighted by Gasteiger charge is -2.63. The monoisotopic (exact) mass is 444 g/mol. The first kappa shape index (κ1) is 23.7. The first-order chi connectivity index (χ1) is 14.7. The van der Waals surface area contributed by atoms with Crippen LogP contribution in [0.25, 0.3) is 0 Å². The van der Waals surface area contributed by atoms with E-state index in [4.69, 9.17) is 0 Å². The molecule has 0 aromatic heterocycles. The number of aliphatic hydroxyl groups is 2. The van der Waals surface area contributed by atoms with E-state index in [1.165, 1.54) is 57.8 Å². The molecule has 0 amide bonds. The van der Waals surface area contributed by atoms with Gasteiger partial charge in [-0.2, -0.15) is 0 Å². The fourth-order valence-corrected chi connectivity index (χ4v) is 11.4. The van der Waals surface area contributed by atoms with E-state index >= 15 is 0 Å². The smallest absolute Gasteiger partial charge is 0.0594 e. The molecular weight excluding hydrogens is 392 g/mol. The Balaban J connectivity index is 1.37. The van der Waals surface area contributed by atoms with Crippen LogP contribution in [0.2, 0.25) is 0 Å². The lowest BCUT2D eigenvalue weighted by atomic mass is 9.41. The molecule has 0 aromatic rings. The number of rotatable bonds is 5. The van der Waals surface area contributed by atoms with Gasteiger partial charge in [0.05, 0.1) is 11.7 Å². The van der Waals surface area contributed by atoms with Gasteiger partial charge in [-0.25, -0.2) is 0 Å². The van der Waals surface area contributed by atoms with Crippen molar-refractivity contribution < 1.29 is 10.2 Å². The summed E-state index contributed by atoms with van der Waals surface area (Å²) in [5.41, 5.74) is 1.71. The highest BCUT2D eigenvalue weighted by molar-refractivity contribution is 5.30. The molecule has 5 rings (SSSR count). The van der Waals surface area contributed by atoms with Crippen molar-refractivity contribution in [3.05, 3.63) is 0 Å². The van der Waals surface area contributed by atoms with Gasteiger partial charge >= 0.3 is 0 Å². The molecule has 0 aromatic carbocycles. The molecule has 184 valence electrons. The zero-order valence-electron chi connectivity index (χ0n) is 22.3. The van der Waals surface area contributed by atoms with Gasteiger partial charge in [-0.3, -0.25) is 0 Å². The molecule has 2 heteroatoms. The Kier molecular flexibility index (Phi) is 5.17. The zero-order valence-corrected chi connectivity index (χ0v) is 22.3. The van der Waals surface area contributed by atoms with Gasteiger partial charge in [0.15, 0.2) is 0 Å². The molecule has 5 saturated carbocycles. The predicted molar refractivity (Wildman–Crippen MR) is 132 cm³/mol. The van der Waals surface area contributed by atoms with Crippen LogP contribution in [0.4, 0.5) is 0 Å². The van der Waals surface area contributed by atoms with E-state index in [0.29, 0.717) is 21.7 Å². The van der Waals surface area contributed by atoms with Crippen molar-refractivity contribution in [3.8, 4) is 0 Å². The van der Waals surface area contributed by atoms with E-state index in [2.05, 4.69) is 34.6 Å². The van der Waals surface area contributed by atoms with Gasteiger partial charge in [-0.1, -0.05) is 47.5 Å². The van der Waals surface area contributed by atoms with E-state index in [1.54, 1.807) is 0 Å². The number of fused-ring (bicyclic) bond motifs is 2. The van der Waals surface area contributed by atoms with Crippen LogP contribution < -0.4 is 0 Å². The van der Waals surface area contributed by atoms with E-state index in [-0.39, 0.29) is 11.5 Å². The third-order valence-electron chi connectivity index (χ3n) is 13.3. The maximum absolute atomic E-state index is 10.8. The molecule has 0 bridgehead atoms. The standard InChI is InChI=1S/C30H52O2/c1-20(9-8-14-25(2,3)32)21-12-15-28(7)23-11-10-22-26(4,5)24(31)13-16-29(22)19-30(23,29)18-17-27(21,28)6/h20-24,31-32H,8-19H2,1-7H3/t20-,21-,22+,23+,24+,27-,28+,29-,30-/m1/s1. The summed E-state index contributed by atoms with van der Waals surface area (Å²) in [4.78, 5) is 0. The summed E-state index contributed by atoms with van der Waals surface area (Å²) < 4.78 is 0. The Morgan fingerprint density at radius 3 is 2.19 bits per heavy atom. The normalized spacial score (nSPS) is 52.4. The topological polar surface area (TPSA) is 40.5 Å². The second-order valence-electron chi connectivity index (χ2n) is 15.2. The van der Waals surface area contributed by atoms with Crippen LogP contribution in [0, 0.1) is 50.7 Å². The van der Waals surface area contributed by atoms with Gasteiger partial charge in [0.1, 0.15) is 0 Å². The molecule has 32 heavy (non-hydrogen) atoms. The van der Waals surface area contributed by atoms with Crippen molar-refractivity contribution in [1.29, 1.82) is 0 Å². The molecule has 5 fully saturated rings. The Morgan fingerprint density at radius 1 is 0.844 bits per heavy atom. The molecular formula is C30H52O2. The summed E-state index contributed by atoms with van der Waals surface area (Å²) in [5.74, 6) is 3.26. The van der Waals surface area contributed by atoms with Crippen LogP contribution in [-0.2, 0) is 0 Å². The molecule has 5 aliphatic rings. The number of hydrogen-bond acceptors (Lipinski definition) is 2.